The Bertz CT molecular complexity index is 330. The fraction of sp³-hybridized carbons (Fsp3) is 0.364. The highest BCUT2D eigenvalue weighted by Gasteiger charge is 2.03. The molecule has 1 rings (SSSR count). The summed E-state index contributed by atoms with van der Waals surface area (Å²) in [5.74, 6) is 0. The summed E-state index contributed by atoms with van der Waals surface area (Å²) in [6.07, 6.45) is 0.542. The third-order valence-corrected chi connectivity index (χ3v) is 2.28. The van der Waals surface area contributed by atoms with Crippen LogP contribution < -0.4 is 4.90 Å². The van der Waals surface area contributed by atoms with E-state index in [1.165, 1.54) is 0 Å². The molecule has 1 aromatic carbocycles. The highest BCUT2D eigenvalue weighted by molar-refractivity contribution is 6.30. The number of rotatable bonds is 4. The molecule has 0 radical (unpaired) electrons. The second-order valence-electron chi connectivity index (χ2n) is 2.97. The molecule has 0 saturated carbocycles. The molecule has 0 spiro atoms. The topological polar surface area (TPSA) is 27.0 Å². The van der Waals surface area contributed by atoms with E-state index in [0.717, 1.165) is 23.8 Å². The average molecular weight is 209 g/mol. The number of anilines is 1. The number of halogens is 1. The first-order valence-corrected chi connectivity index (χ1v) is 5.03. The van der Waals surface area contributed by atoms with E-state index in [0.29, 0.717) is 6.42 Å². The summed E-state index contributed by atoms with van der Waals surface area (Å²) in [6.45, 7) is 3.72. The smallest absolute Gasteiger partial charge is 0.0640 e. The van der Waals surface area contributed by atoms with Crippen LogP contribution in [0.25, 0.3) is 0 Å². The van der Waals surface area contributed by atoms with Crippen molar-refractivity contribution in [2.75, 3.05) is 18.0 Å². The number of hydrogen-bond donors (Lipinski definition) is 0. The van der Waals surface area contributed by atoms with Crippen LogP contribution in [0.15, 0.2) is 24.3 Å². The molecule has 0 atom stereocenters. The minimum absolute atomic E-state index is 0.542. The van der Waals surface area contributed by atoms with E-state index in [9.17, 15) is 0 Å². The standard InChI is InChI=1S/C11H13ClN2/c1-2-14(8-4-7-13)11-6-3-5-10(12)9-11/h3,5-6,9H,2,4,8H2,1H3. The van der Waals surface area contributed by atoms with Gasteiger partial charge in [-0.25, -0.2) is 0 Å². The Morgan fingerprint density at radius 3 is 2.86 bits per heavy atom. The van der Waals surface area contributed by atoms with Gasteiger partial charge in [0.15, 0.2) is 0 Å². The molecule has 14 heavy (non-hydrogen) atoms. The molecule has 0 bridgehead atoms. The number of benzene rings is 1. The third kappa shape index (κ3) is 2.93. The van der Waals surface area contributed by atoms with E-state index in [4.69, 9.17) is 16.9 Å². The molecule has 74 valence electrons. The quantitative estimate of drug-likeness (QED) is 0.761. The van der Waals surface area contributed by atoms with Gasteiger partial charge in [0.2, 0.25) is 0 Å². The molecule has 0 fully saturated rings. The largest absolute Gasteiger partial charge is 0.371 e. The van der Waals surface area contributed by atoms with Gasteiger partial charge in [-0.15, -0.1) is 0 Å². The zero-order valence-electron chi connectivity index (χ0n) is 8.20. The van der Waals surface area contributed by atoms with Crippen molar-refractivity contribution in [2.45, 2.75) is 13.3 Å². The van der Waals surface area contributed by atoms with Crippen molar-refractivity contribution in [1.82, 2.24) is 0 Å². The third-order valence-electron chi connectivity index (χ3n) is 2.05. The Labute approximate surface area is 89.7 Å². The van der Waals surface area contributed by atoms with Crippen molar-refractivity contribution in [3.63, 3.8) is 0 Å². The van der Waals surface area contributed by atoms with Gasteiger partial charge in [0, 0.05) is 23.8 Å². The highest BCUT2D eigenvalue weighted by atomic mass is 35.5. The highest BCUT2D eigenvalue weighted by Crippen LogP contribution is 2.19. The minimum Gasteiger partial charge on any atom is -0.371 e. The Morgan fingerprint density at radius 1 is 1.50 bits per heavy atom. The lowest BCUT2D eigenvalue weighted by molar-refractivity contribution is 0.827. The van der Waals surface area contributed by atoms with Gasteiger partial charge >= 0.3 is 0 Å². The van der Waals surface area contributed by atoms with Crippen LogP contribution in [0, 0.1) is 11.3 Å². The molecule has 0 aliphatic heterocycles. The van der Waals surface area contributed by atoms with Crippen molar-refractivity contribution >= 4 is 17.3 Å². The van der Waals surface area contributed by atoms with Crippen LogP contribution in [0.1, 0.15) is 13.3 Å². The fourth-order valence-electron chi connectivity index (χ4n) is 1.33. The molecule has 0 heterocycles. The first kappa shape index (κ1) is 10.9. The molecule has 0 N–H and O–H groups in total. The molecular weight excluding hydrogens is 196 g/mol. The van der Waals surface area contributed by atoms with Crippen LogP contribution in [-0.2, 0) is 0 Å². The van der Waals surface area contributed by atoms with Crippen molar-refractivity contribution in [3.8, 4) is 6.07 Å². The minimum atomic E-state index is 0.542. The lowest BCUT2D eigenvalue weighted by Crippen LogP contribution is -2.23. The summed E-state index contributed by atoms with van der Waals surface area (Å²) in [5.41, 5.74) is 1.08. The molecule has 3 heteroatoms. The molecule has 0 saturated heterocycles. The van der Waals surface area contributed by atoms with Gasteiger partial charge in [-0.3, -0.25) is 0 Å². The van der Waals surface area contributed by atoms with Crippen molar-refractivity contribution < 1.29 is 0 Å². The molecule has 0 unspecified atom stereocenters. The van der Waals surface area contributed by atoms with Crippen LogP contribution in [0.3, 0.4) is 0 Å². The van der Waals surface area contributed by atoms with Gasteiger partial charge in [0.25, 0.3) is 0 Å². The van der Waals surface area contributed by atoms with Gasteiger partial charge in [0.1, 0.15) is 0 Å². The van der Waals surface area contributed by atoms with E-state index in [-0.39, 0.29) is 0 Å². The molecule has 0 aromatic heterocycles. The van der Waals surface area contributed by atoms with Crippen molar-refractivity contribution in [1.29, 1.82) is 5.26 Å². The molecule has 0 aliphatic rings. The first-order valence-electron chi connectivity index (χ1n) is 4.65. The Hall–Kier alpha value is -1.20. The average Bonchev–Trinajstić information content (AvgIpc) is 2.19. The van der Waals surface area contributed by atoms with E-state index >= 15 is 0 Å². The Kier molecular flexibility index (Phi) is 4.28. The van der Waals surface area contributed by atoms with Crippen molar-refractivity contribution in [3.05, 3.63) is 29.3 Å². The number of nitrogens with zero attached hydrogens (tertiary/aromatic N) is 2. The lowest BCUT2D eigenvalue weighted by Gasteiger charge is -2.21. The molecule has 2 nitrogen and oxygen atoms in total. The second-order valence-corrected chi connectivity index (χ2v) is 3.40. The molecular formula is C11H13ClN2. The fourth-order valence-corrected chi connectivity index (χ4v) is 1.51. The number of hydrogen-bond acceptors (Lipinski definition) is 2. The second kappa shape index (κ2) is 5.51. The lowest BCUT2D eigenvalue weighted by atomic mass is 10.2. The Balaban J connectivity index is 2.74. The van der Waals surface area contributed by atoms with Gasteiger partial charge < -0.3 is 4.90 Å². The predicted octanol–water partition coefficient (Wildman–Crippen LogP) is 3.08. The van der Waals surface area contributed by atoms with E-state index in [1.807, 2.05) is 24.3 Å². The van der Waals surface area contributed by atoms with Gasteiger partial charge in [0.05, 0.1) is 12.5 Å². The monoisotopic (exact) mass is 208 g/mol. The Morgan fingerprint density at radius 2 is 2.29 bits per heavy atom. The van der Waals surface area contributed by atoms with E-state index in [1.54, 1.807) is 0 Å². The SMILES string of the molecule is CCN(CCC#N)c1cccc(Cl)c1. The maximum absolute atomic E-state index is 8.51. The molecule has 0 aliphatic carbocycles. The number of nitriles is 1. The van der Waals surface area contributed by atoms with Crippen LogP contribution in [0.2, 0.25) is 5.02 Å². The summed E-state index contributed by atoms with van der Waals surface area (Å²) in [5, 5.41) is 9.24. The van der Waals surface area contributed by atoms with Crippen LogP contribution in [0.5, 0.6) is 0 Å². The van der Waals surface area contributed by atoms with Gasteiger partial charge in [-0.05, 0) is 25.1 Å². The first-order chi connectivity index (χ1) is 6.77. The van der Waals surface area contributed by atoms with E-state index in [2.05, 4.69) is 17.9 Å². The van der Waals surface area contributed by atoms with Crippen LogP contribution in [0.4, 0.5) is 5.69 Å². The molecule has 1 aromatic rings. The zero-order valence-corrected chi connectivity index (χ0v) is 8.96. The summed E-state index contributed by atoms with van der Waals surface area (Å²) in [6, 6.07) is 9.84. The normalized spacial score (nSPS) is 9.50. The summed E-state index contributed by atoms with van der Waals surface area (Å²) in [4.78, 5) is 2.13. The van der Waals surface area contributed by atoms with Crippen LogP contribution in [-0.4, -0.2) is 13.1 Å². The molecule has 0 amide bonds. The van der Waals surface area contributed by atoms with Gasteiger partial charge in [-0.2, -0.15) is 5.26 Å². The maximum atomic E-state index is 8.51. The van der Waals surface area contributed by atoms with E-state index < -0.39 is 0 Å². The zero-order chi connectivity index (χ0) is 10.4. The summed E-state index contributed by atoms with van der Waals surface area (Å²) < 4.78 is 0. The summed E-state index contributed by atoms with van der Waals surface area (Å²) >= 11 is 5.89. The maximum Gasteiger partial charge on any atom is 0.0640 e. The van der Waals surface area contributed by atoms with Crippen molar-refractivity contribution in [2.24, 2.45) is 0 Å². The van der Waals surface area contributed by atoms with Gasteiger partial charge in [-0.1, -0.05) is 17.7 Å². The van der Waals surface area contributed by atoms with Crippen LogP contribution >= 0.6 is 11.6 Å². The summed E-state index contributed by atoms with van der Waals surface area (Å²) in [7, 11) is 0. The predicted molar refractivity (Wildman–Crippen MR) is 59.6 cm³/mol.